The van der Waals surface area contributed by atoms with Gasteiger partial charge in [0.05, 0.1) is 27.8 Å². The first kappa shape index (κ1) is 30.7. The van der Waals surface area contributed by atoms with Crippen molar-refractivity contribution in [3.8, 4) is 28.5 Å². The summed E-state index contributed by atoms with van der Waals surface area (Å²) in [6.45, 7) is 0. The fourth-order valence-corrected chi connectivity index (χ4v) is 8.66. The smallest absolute Gasteiger partial charge is 0.164 e. The van der Waals surface area contributed by atoms with Crippen molar-refractivity contribution >= 4 is 61.0 Å². The lowest BCUT2D eigenvalue weighted by Gasteiger charge is -2.19. The molecule has 2 aliphatic carbocycles. The van der Waals surface area contributed by atoms with Crippen molar-refractivity contribution in [2.45, 2.75) is 25.7 Å². The predicted molar refractivity (Wildman–Crippen MR) is 223 cm³/mol. The molecule has 0 saturated carbocycles. The zero-order chi connectivity index (χ0) is 35.6. The van der Waals surface area contributed by atoms with Gasteiger partial charge in [-0.2, -0.15) is 0 Å². The fraction of sp³-hybridized carbons (Fsp3) is 0.0816. The summed E-state index contributed by atoms with van der Waals surface area (Å²) in [4.78, 5) is 15.0. The molecule has 5 heteroatoms. The normalized spacial score (nSPS) is 14.1. The predicted octanol–water partition coefficient (Wildman–Crippen LogP) is 12.1. The minimum absolute atomic E-state index is 0.687. The molecule has 5 nitrogen and oxygen atoms in total. The highest BCUT2D eigenvalue weighted by Gasteiger charge is 2.24. The molecule has 0 saturated heterocycles. The maximum absolute atomic E-state index is 5.04. The molecule has 256 valence electrons. The first-order valence-corrected chi connectivity index (χ1v) is 18.8. The number of nitrogens with zero attached hydrogens (tertiary/aromatic N) is 5. The van der Waals surface area contributed by atoms with Crippen molar-refractivity contribution in [1.82, 2.24) is 24.1 Å². The second kappa shape index (κ2) is 12.4. The minimum atomic E-state index is 0.687. The Labute approximate surface area is 312 Å². The molecule has 0 radical (unpaired) electrons. The lowest BCUT2D eigenvalue weighted by atomic mass is 9.96. The highest BCUT2D eigenvalue weighted by molar-refractivity contribution is 6.26. The van der Waals surface area contributed by atoms with E-state index in [-0.39, 0.29) is 0 Å². The Kier molecular flexibility index (Phi) is 7.05. The number of hydrogen-bond acceptors (Lipinski definition) is 3. The van der Waals surface area contributed by atoms with E-state index in [1.807, 2.05) is 36.4 Å². The lowest BCUT2D eigenvalue weighted by Crippen LogP contribution is -2.06. The molecule has 11 rings (SSSR count). The van der Waals surface area contributed by atoms with Gasteiger partial charge in [-0.1, -0.05) is 133 Å². The average Bonchev–Trinajstić information content (AvgIpc) is 3.77. The van der Waals surface area contributed by atoms with Crippen LogP contribution in [0.25, 0.3) is 89.4 Å². The largest absolute Gasteiger partial charge is 0.312 e. The Balaban J connectivity index is 1.13. The number of hydrogen-bond donors (Lipinski definition) is 0. The van der Waals surface area contributed by atoms with Crippen molar-refractivity contribution in [1.29, 1.82) is 0 Å². The molecule has 0 spiro atoms. The minimum Gasteiger partial charge on any atom is -0.312 e. The van der Waals surface area contributed by atoms with Crippen molar-refractivity contribution in [2.75, 3.05) is 0 Å². The Morgan fingerprint density at radius 2 is 1.13 bits per heavy atom. The van der Waals surface area contributed by atoms with Crippen LogP contribution in [0, 0.1) is 0 Å². The molecule has 0 N–H and O–H groups in total. The number of rotatable bonds is 5. The van der Waals surface area contributed by atoms with E-state index in [0.717, 1.165) is 48.2 Å². The SMILES string of the molecule is C1=Cc2c(cccc2-n2c3ccccc3c3c4c(ccc32)c2ccccc2n4C2=CC=C(c3nc(-c4ccccc4)nc(-c4ccccc4)n3)CC2)CC1. The first-order chi connectivity index (χ1) is 26.8. The fourth-order valence-electron chi connectivity index (χ4n) is 8.66. The molecule has 3 aromatic heterocycles. The monoisotopic (exact) mass is 693 g/mol. The summed E-state index contributed by atoms with van der Waals surface area (Å²) in [5.41, 5.74) is 13.2. The van der Waals surface area contributed by atoms with E-state index in [2.05, 4.69) is 137 Å². The number of aromatic nitrogens is 5. The van der Waals surface area contributed by atoms with Crippen LogP contribution in [0.15, 0.2) is 158 Å². The summed E-state index contributed by atoms with van der Waals surface area (Å²) in [6.07, 6.45) is 13.0. The van der Waals surface area contributed by atoms with Crippen LogP contribution in [0.3, 0.4) is 0 Å². The number of fused-ring (bicyclic) bond motifs is 8. The highest BCUT2D eigenvalue weighted by Crippen LogP contribution is 2.44. The van der Waals surface area contributed by atoms with Gasteiger partial charge < -0.3 is 9.13 Å². The average molecular weight is 694 g/mol. The van der Waals surface area contributed by atoms with Crippen LogP contribution in [-0.4, -0.2) is 24.1 Å². The van der Waals surface area contributed by atoms with Crippen molar-refractivity contribution < 1.29 is 0 Å². The topological polar surface area (TPSA) is 48.5 Å². The summed E-state index contributed by atoms with van der Waals surface area (Å²) >= 11 is 0. The second-order valence-electron chi connectivity index (χ2n) is 14.2. The third-order valence-corrected chi connectivity index (χ3v) is 11.2. The van der Waals surface area contributed by atoms with Crippen LogP contribution in [0.1, 0.15) is 36.2 Å². The summed E-state index contributed by atoms with van der Waals surface area (Å²) in [7, 11) is 0. The van der Waals surface area contributed by atoms with Gasteiger partial charge in [-0.15, -0.1) is 0 Å². The molecule has 3 heterocycles. The van der Waals surface area contributed by atoms with Crippen LogP contribution >= 0.6 is 0 Å². The molecule has 6 aromatic carbocycles. The Morgan fingerprint density at radius 1 is 0.463 bits per heavy atom. The standard InChI is InChI=1S/C49H35N5/c1-3-15-33(16-4-1)47-50-48(34-17-5-2-6-18-34)52-49(51-47)35-26-28-36(29-27-35)53-42-23-11-9-21-38(42)39-30-31-44-45(46(39)53)40-22-10-12-24-43(40)54(44)41-25-13-19-32-14-7-8-20-37(32)41/h1-6,8-13,15-26,28,30-31H,7,14,27,29H2. The van der Waals surface area contributed by atoms with Crippen molar-refractivity contribution in [3.05, 3.63) is 175 Å². The Bertz CT molecular complexity index is 2980. The van der Waals surface area contributed by atoms with Gasteiger partial charge in [-0.05, 0) is 67.2 Å². The van der Waals surface area contributed by atoms with Crippen LogP contribution in [0.4, 0.5) is 0 Å². The Hall–Kier alpha value is -6.85. The van der Waals surface area contributed by atoms with Gasteiger partial charge in [0.1, 0.15) is 0 Å². The van der Waals surface area contributed by atoms with Gasteiger partial charge in [0.25, 0.3) is 0 Å². The van der Waals surface area contributed by atoms with E-state index in [1.165, 1.54) is 66.1 Å². The van der Waals surface area contributed by atoms with Gasteiger partial charge >= 0.3 is 0 Å². The molecule has 0 bridgehead atoms. The molecule has 0 amide bonds. The van der Waals surface area contributed by atoms with Crippen LogP contribution < -0.4 is 0 Å². The van der Waals surface area contributed by atoms with Crippen molar-refractivity contribution in [3.63, 3.8) is 0 Å². The molecule has 2 aliphatic rings. The summed E-state index contributed by atoms with van der Waals surface area (Å²) in [5.74, 6) is 2.10. The third kappa shape index (κ3) is 4.82. The highest BCUT2D eigenvalue weighted by atomic mass is 15.0. The van der Waals surface area contributed by atoms with Gasteiger partial charge in [-0.3, -0.25) is 0 Å². The van der Waals surface area contributed by atoms with Crippen LogP contribution in [0.2, 0.25) is 0 Å². The lowest BCUT2D eigenvalue weighted by molar-refractivity contribution is 0.955. The van der Waals surface area contributed by atoms with Crippen LogP contribution in [-0.2, 0) is 6.42 Å². The number of aryl methyl sites for hydroxylation is 1. The van der Waals surface area contributed by atoms with Crippen molar-refractivity contribution in [2.24, 2.45) is 0 Å². The maximum atomic E-state index is 5.04. The Morgan fingerprint density at radius 3 is 1.85 bits per heavy atom. The van der Waals surface area contributed by atoms with E-state index in [0.29, 0.717) is 11.6 Å². The number of para-hydroxylation sites is 2. The van der Waals surface area contributed by atoms with E-state index < -0.39 is 0 Å². The molecule has 0 atom stereocenters. The van der Waals surface area contributed by atoms with E-state index in [4.69, 9.17) is 15.0 Å². The maximum Gasteiger partial charge on any atom is 0.164 e. The quantitative estimate of drug-likeness (QED) is 0.180. The summed E-state index contributed by atoms with van der Waals surface area (Å²) in [6, 6.07) is 49.6. The van der Waals surface area contributed by atoms with Crippen LogP contribution in [0.5, 0.6) is 0 Å². The second-order valence-corrected chi connectivity index (χ2v) is 14.2. The molecule has 0 aliphatic heterocycles. The van der Waals surface area contributed by atoms with Gasteiger partial charge in [0.2, 0.25) is 0 Å². The zero-order valence-electron chi connectivity index (χ0n) is 29.7. The molecule has 0 unspecified atom stereocenters. The number of benzene rings is 6. The number of allylic oxidation sites excluding steroid dienone is 5. The molecule has 0 fully saturated rings. The van der Waals surface area contributed by atoms with Gasteiger partial charge in [0, 0.05) is 43.9 Å². The summed E-state index contributed by atoms with van der Waals surface area (Å²) < 4.78 is 5.01. The third-order valence-electron chi connectivity index (χ3n) is 11.2. The van der Waals surface area contributed by atoms with E-state index in [9.17, 15) is 0 Å². The molecule has 54 heavy (non-hydrogen) atoms. The molecular weight excluding hydrogens is 659 g/mol. The zero-order valence-corrected chi connectivity index (χ0v) is 29.7. The van der Waals surface area contributed by atoms with E-state index >= 15 is 0 Å². The van der Waals surface area contributed by atoms with Gasteiger partial charge in [-0.25, -0.2) is 15.0 Å². The first-order valence-electron chi connectivity index (χ1n) is 18.8. The van der Waals surface area contributed by atoms with Gasteiger partial charge in [0.15, 0.2) is 17.5 Å². The molecular formula is C49H35N5. The summed E-state index contributed by atoms with van der Waals surface area (Å²) in [5, 5.41) is 5.08. The van der Waals surface area contributed by atoms with E-state index in [1.54, 1.807) is 0 Å². The molecule has 9 aromatic rings.